The number of benzene rings is 9. The van der Waals surface area contributed by atoms with Gasteiger partial charge in [0, 0.05) is 11.9 Å². The molecule has 0 aliphatic heterocycles. The fourth-order valence-electron chi connectivity index (χ4n) is 9.63. The van der Waals surface area contributed by atoms with E-state index in [1.54, 1.807) is 0 Å². The molecule has 2 aliphatic carbocycles. The SMILES string of the molecule is C(=C/c1cccc2cc3c(cc12)-c1ccccc1C31c2ccccc2-c2ccc(-c3ccccc3)cc21)/C(=C\C=C\Nc1ccc(-c2ccccc2)cc1)c1ccccc1. The van der Waals surface area contributed by atoms with E-state index in [0.29, 0.717) is 0 Å². The van der Waals surface area contributed by atoms with Crippen LogP contribution in [0.2, 0.25) is 0 Å². The maximum Gasteiger partial charge on any atom is 0.0725 e. The minimum Gasteiger partial charge on any atom is -0.362 e. The average Bonchev–Trinajstić information content (AvgIpc) is 3.78. The summed E-state index contributed by atoms with van der Waals surface area (Å²) >= 11 is 0. The van der Waals surface area contributed by atoms with E-state index in [4.69, 9.17) is 0 Å². The van der Waals surface area contributed by atoms with Gasteiger partial charge in [-0.25, -0.2) is 0 Å². The van der Waals surface area contributed by atoms with Crippen LogP contribution in [-0.2, 0) is 5.41 Å². The Morgan fingerprint density at radius 1 is 0.417 bits per heavy atom. The first-order valence-electron chi connectivity index (χ1n) is 20.7. The molecule has 1 heteroatoms. The van der Waals surface area contributed by atoms with Crippen LogP contribution >= 0.6 is 0 Å². The fourth-order valence-corrected chi connectivity index (χ4v) is 9.63. The number of nitrogens with one attached hydrogen (secondary N) is 1. The number of rotatable bonds is 8. The molecule has 0 amide bonds. The first-order valence-corrected chi connectivity index (χ1v) is 20.7. The van der Waals surface area contributed by atoms with Crippen LogP contribution in [0.25, 0.3) is 66.9 Å². The molecule has 0 heterocycles. The first kappa shape index (κ1) is 35.4. The van der Waals surface area contributed by atoms with Crippen LogP contribution in [-0.4, -0.2) is 0 Å². The number of anilines is 1. The summed E-state index contributed by atoms with van der Waals surface area (Å²) in [7, 11) is 0. The molecule has 60 heavy (non-hydrogen) atoms. The van der Waals surface area contributed by atoms with Gasteiger partial charge in [-0.05, 0) is 131 Å². The Balaban J connectivity index is 0.986. The molecule has 1 unspecified atom stereocenters. The van der Waals surface area contributed by atoms with E-state index in [9.17, 15) is 0 Å². The molecular formula is C59H41N. The van der Waals surface area contributed by atoms with Gasteiger partial charge in [0.25, 0.3) is 0 Å². The summed E-state index contributed by atoms with van der Waals surface area (Å²) in [6.45, 7) is 0. The Kier molecular flexibility index (Phi) is 8.79. The lowest BCUT2D eigenvalue weighted by molar-refractivity contribution is 0.795. The Bertz CT molecular complexity index is 3140. The summed E-state index contributed by atoms with van der Waals surface area (Å²) in [6, 6.07) is 77.4. The van der Waals surface area contributed by atoms with Gasteiger partial charge in [0.15, 0.2) is 0 Å². The van der Waals surface area contributed by atoms with Gasteiger partial charge >= 0.3 is 0 Å². The van der Waals surface area contributed by atoms with Gasteiger partial charge in [0.05, 0.1) is 5.41 Å². The van der Waals surface area contributed by atoms with Crippen LogP contribution in [0, 0.1) is 0 Å². The quantitative estimate of drug-likeness (QED) is 0.152. The third-order valence-corrected chi connectivity index (χ3v) is 12.4. The summed E-state index contributed by atoms with van der Waals surface area (Å²) in [5.74, 6) is 0. The molecule has 1 atom stereocenters. The predicted octanol–water partition coefficient (Wildman–Crippen LogP) is 15.2. The molecule has 9 aromatic carbocycles. The lowest BCUT2D eigenvalue weighted by Crippen LogP contribution is -2.25. The summed E-state index contributed by atoms with van der Waals surface area (Å²) in [6.07, 6.45) is 10.8. The molecule has 11 rings (SSSR count). The standard InChI is InChI=1S/C59H41N/c1-4-16-41(17-5-1)44(24-15-37-60-49-34-31-45(32-35-49)42-18-6-2-7-19-42)29-30-46-22-14-23-48-39-58-54(40-53(46)48)51-26-11-13-28-56(51)59(58)55-27-12-10-25-50(55)52-36-33-47(38-57(52)59)43-20-8-3-9-21-43/h1-40,60H/b30-29-,37-15+,44-24+. The molecule has 282 valence electrons. The molecule has 1 N–H and O–H groups in total. The highest BCUT2D eigenvalue weighted by atomic mass is 14.8. The molecule has 1 nitrogen and oxygen atoms in total. The normalized spacial score (nSPS) is 15.0. The van der Waals surface area contributed by atoms with Crippen molar-refractivity contribution in [2.45, 2.75) is 5.41 Å². The second-order valence-corrected chi connectivity index (χ2v) is 15.7. The molecule has 0 aromatic heterocycles. The Hall–Kier alpha value is -7.74. The second kappa shape index (κ2) is 14.9. The summed E-state index contributed by atoms with van der Waals surface area (Å²) in [5, 5.41) is 5.94. The second-order valence-electron chi connectivity index (χ2n) is 15.7. The van der Waals surface area contributed by atoms with Crippen LogP contribution < -0.4 is 5.32 Å². The van der Waals surface area contributed by atoms with E-state index in [1.165, 1.54) is 83.1 Å². The topological polar surface area (TPSA) is 12.0 Å². The van der Waals surface area contributed by atoms with Crippen molar-refractivity contribution in [1.82, 2.24) is 0 Å². The number of allylic oxidation sites excluding steroid dienone is 4. The largest absolute Gasteiger partial charge is 0.362 e. The predicted molar refractivity (Wildman–Crippen MR) is 254 cm³/mol. The third kappa shape index (κ3) is 5.94. The molecule has 9 aromatic rings. The van der Waals surface area contributed by atoms with Crippen LogP contribution in [0.15, 0.2) is 237 Å². The number of hydrogen-bond donors (Lipinski definition) is 1. The van der Waals surface area contributed by atoms with Crippen LogP contribution in [0.1, 0.15) is 33.4 Å². The maximum atomic E-state index is 3.46. The van der Waals surface area contributed by atoms with Gasteiger partial charge in [-0.2, -0.15) is 0 Å². The third-order valence-electron chi connectivity index (χ3n) is 12.4. The highest BCUT2D eigenvalue weighted by molar-refractivity contribution is 6.02. The van der Waals surface area contributed by atoms with E-state index in [1.807, 2.05) is 12.3 Å². The molecular weight excluding hydrogens is 723 g/mol. The van der Waals surface area contributed by atoms with Gasteiger partial charge in [-0.3, -0.25) is 0 Å². The molecule has 0 saturated carbocycles. The molecule has 1 spiro atoms. The van der Waals surface area contributed by atoms with Crippen molar-refractivity contribution in [3.63, 3.8) is 0 Å². The number of hydrogen-bond acceptors (Lipinski definition) is 1. The zero-order valence-corrected chi connectivity index (χ0v) is 33.1. The van der Waals surface area contributed by atoms with Crippen molar-refractivity contribution in [3.05, 3.63) is 270 Å². The Labute approximate surface area is 352 Å². The van der Waals surface area contributed by atoms with E-state index >= 15 is 0 Å². The highest BCUT2D eigenvalue weighted by Gasteiger charge is 2.51. The Morgan fingerprint density at radius 3 is 1.70 bits per heavy atom. The Morgan fingerprint density at radius 2 is 0.983 bits per heavy atom. The van der Waals surface area contributed by atoms with Crippen molar-refractivity contribution < 1.29 is 0 Å². The average molecular weight is 764 g/mol. The van der Waals surface area contributed by atoms with Crippen molar-refractivity contribution in [2.75, 3.05) is 5.32 Å². The first-order chi connectivity index (χ1) is 29.8. The molecule has 0 radical (unpaired) electrons. The van der Waals surface area contributed by atoms with E-state index in [-0.39, 0.29) is 0 Å². The van der Waals surface area contributed by atoms with Gasteiger partial charge in [0.1, 0.15) is 0 Å². The minimum atomic E-state index is -0.420. The smallest absolute Gasteiger partial charge is 0.0725 e. The fraction of sp³-hybridized carbons (Fsp3) is 0.0169. The van der Waals surface area contributed by atoms with Crippen molar-refractivity contribution in [1.29, 1.82) is 0 Å². The molecule has 0 fully saturated rings. The molecule has 2 aliphatic rings. The monoisotopic (exact) mass is 763 g/mol. The van der Waals surface area contributed by atoms with Crippen LogP contribution in [0.4, 0.5) is 5.69 Å². The zero-order chi connectivity index (χ0) is 39.9. The van der Waals surface area contributed by atoms with Crippen molar-refractivity contribution in [3.8, 4) is 44.5 Å². The highest BCUT2D eigenvalue weighted by Crippen LogP contribution is 2.63. The van der Waals surface area contributed by atoms with E-state index in [0.717, 1.165) is 16.8 Å². The molecule has 0 bridgehead atoms. The van der Waals surface area contributed by atoms with Crippen molar-refractivity contribution in [2.24, 2.45) is 0 Å². The van der Waals surface area contributed by atoms with Crippen molar-refractivity contribution >= 4 is 28.1 Å². The number of fused-ring (bicyclic) bond motifs is 11. The lowest BCUT2D eigenvalue weighted by atomic mass is 9.70. The molecule has 0 saturated heterocycles. The van der Waals surface area contributed by atoms with Gasteiger partial charge in [-0.1, -0.05) is 200 Å². The summed E-state index contributed by atoms with van der Waals surface area (Å²) < 4.78 is 0. The van der Waals surface area contributed by atoms with Gasteiger partial charge in [0.2, 0.25) is 0 Å². The van der Waals surface area contributed by atoms with Gasteiger partial charge < -0.3 is 5.32 Å². The summed E-state index contributed by atoms with van der Waals surface area (Å²) in [4.78, 5) is 0. The van der Waals surface area contributed by atoms with E-state index < -0.39 is 5.41 Å². The van der Waals surface area contributed by atoms with Crippen LogP contribution in [0.3, 0.4) is 0 Å². The minimum absolute atomic E-state index is 0.420. The van der Waals surface area contributed by atoms with Gasteiger partial charge in [-0.15, -0.1) is 0 Å². The zero-order valence-electron chi connectivity index (χ0n) is 33.1. The van der Waals surface area contributed by atoms with Crippen LogP contribution in [0.5, 0.6) is 0 Å². The maximum absolute atomic E-state index is 3.46. The van der Waals surface area contributed by atoms with E-state index in [2.05, 4.69) is 236 Å². The lowest BCUT2D eigenvalue weighted by Gasteiger charge is -2.31. The summed E-state index contributed by atoms with van der Waals surface area (Å²) in [5.41, 5.74) is 19.7.